The molecular formula is C10H16N2. The molecule has 0 radical (unpaired) electrons. The number of hydrogen-bond acceptors (Lipinski definition) is 2. The molecule has 1 aromatic rings. The van der Waals surface area contributed by atoms with Gasteiger partial charge in [-0.2, -0.15) is 0 Å². The minimum Gasteiger partial charge on any atom is -0.312 e. The number of aromatic nitrogens is 1. The van der Waals surface area contributed by atoms with Crippen molar-refractivity contribution in [2.75, 3.05) is 7.05 Å². The third kappa shape index (κ3) is 2.31. The van der Waals surface area contributed by atoms with Crippen LogP contribution in [0.3, 0.4) is 0 Å². The normalized spacial score (nSPS) is 12.8. The largest absolute Gasteiger partial charge is 0.312 e. The lowest BCUT2D eigenvalue weighted by Crippen LogP contribution is -2.16. The van der Waals surface area contributed by atoms with Crippen molar-refractivity contribution in [1.29, 1.82) is 0 Å². The average molecular weight is 164 g/mol. The fourth-order valence-corrected chi connectivity index (χ4v) is 1.31. The summed E-state index contributed by atoms with van der Waals surface area (Å²) in [5, 5.41) is 3.26. The maximum Gasteiger partial charge on any atom is 0.0573 e. The Bertz CT molecular complexity index is 208. The summed E-state index contributed by atoms with van der Waals surface area (Å²) in [6, 6.07) is 6.46. The molecule has 66 valence electrons. The fourth-order valence-electron chi connectivity index (χ4n) is 1.31. The van der Waals surface area contributed by atoms with Gasteiger partial charge in [-0.3, -0.25) is 4.98 Å². The Morgan fingerprint density at radius 1 is 1.50 bits per heavy atom. The predicted molar refractivity (Wildman–Crippen MR) is 50.9 cm³/mol. The Kier molecular flexibility index (Phi) is 3.74. The molecule has 0 saturated carbocycles. The van der Waals surface area contributed by atoms with Crippen LogP contribution in [0.4, 0.5) is 0 Å². The average Bonchev–Trinajstić information content (AvgIpc) is 2.15. The van der Waals surface area contributed by atoms with Gasteiger partial charge in [0.05, 0.1) is 5.69 Å². The zero-order valence-electron chi connectivity index (χ0n) is 7.75. The lowest BCUT2D eigenvalue weighted by molar-refractivity contribution is 0.529. The molecule has 2 nitrogen and oxygen atoms in total. The highest BCUT2D eigenvalue weighted by molar-refractivity contribution is 5.08. The van der Waals surface area contributed by atoms with Crippen molar-refractivity contribution in [2.24, 2.45) is 0 Å². The number of pyridine rings is 1. The summed E-state index contributed by atoms with van der Waals surface area (Å²) in [5.41, 5.74) is 1.14. The maximum atomic E-state index is 4.31. The molecule has 0 bridgehead atoms. The number of nitrogens with one attached hydrogen (secondary N) is 1. The number of rotatable bonds is 4. The Balaban J connectivity index is 2.66. The van der Waals surface area contributed by atoms with Gasteiger partial charge in [-0.05, 0) is 25.6 Å². The van der Waals surface area contributed by atoms with Crippen molar-refractivity contribution in [3.05, 3.63) is 30.1 Å². The van der Waals surface area contributed by atoms with Gasteiger partial charge in [0, 0.05) is 12.2 Å². The summed E-state index contributed by atoms with van der Waals surface area (Å²) in [5.74, 6) is 0. The van der Waals surface area contributed by atoms with Crippen molar-refractivity contribution < 1.29 is 0 Å². The molecule has 0 amide bonds. The van der Waals surface area contributed by atoms with Crippen LogP contribution in [0.5, 0.6) is 0 Å². The highest BCUT2D eigenvalue weighted by atomic mass is 14.9. The molecule has 0 aromatic carbocycles. The SMILES string of the molecule is CCC[C@@H](NC)c1ccccn1. The molecule has 1 heterocycles. The molecule has 12 heavy (non-hydrogen) atoms. The lowest BCUT2D eigenvalue weighted by Gasteiger charge is -2.13. The van der Waals surface area contributed by atoms with Gasteiger partial charge in [0.1, 0.15) is 0 Å². The number of hydrogen-bond donors (Lipinski definition) is 1. The van der Waals surface area contributed by atoms with Crippen LogP contribution in [0.2, 0.25) is 0 Å². The van der Waals surface area contributed by atoms with E-state index in [9.17, 15) is 0 Å². The van der Waals surface area contributed by atoms with Gasteiger partial charge in [-0.25, -0.2) is 0 Å². The first-order chi connectivity index (χ1) is 5.88. The first kappa shape index (κ1) is 9.20. The second kappa shape index (κ2) is 4.88. The molecule has 0 saturated heterocycles. The van der Waals surface area contributed by atoms with Crippen LogP contribution in [0.25, 0.3) is 0 Å². The molecule has 1 rings (SSSR count). The topological polar surface area (TPSA) is 24.9 Å². The third-order valence-electron chi connectivity index (χ3n) is 1.97. The monoisotopic (exact) mass is 164 g/mol. The van der Waals surface area contributed by atoms with Crippen molar-refractivity contribution in [1.82, 2.24) is 10.3 Å². The molecule has 0 unspecified atom stereocenters. The van der Waals surface area contributed by atoms with Crippen LogP contribution in [0.15, 0.2) is 24.4 Å². The Labute approximate surface area is 74.0 Å². The van der Waals surface area contributed by atoms with Gasteiger partial charge >= 0.3 is 0 Å². The Morgan fingerprint density at radius 3 is 2.83 bits per heavy atom. The van der Waals surface area contributed by atoms with Gasteiger partial charge in [0.15, 0.2) is 0 Å². The van der Waals surface area contributed by atoms with Gasteiger partial charge in [-0.1, -0.05) is 19.4 Å². The highest BCUT2D eigenvalue weighted by Crippen LogP contribution is 2.14. The summed E-state index contributed by atoms with van der Waals surface area (Å²) in [6.45, 7) is 2.19. The van der Waals surface area contributed by atoms with E-state index in [4.69, 9.17) is 0 Å². The Hall–Kier alpha value is -0.890. The predicted octanol–water partition coefficient (Wildman–Crippen LogP) is 2.14. The molecule has 0 aliphatic carbocycles. The first-order valence-electron chi connectivity index (χ1n) is 4.46. The van der Waals surface area contributed by atoms with E-state index in [2.05, 4.69) is 23.3 Å². The molecular weight excluding hydrogens is 148 g/mol. The van der Waals surface area contributed by atoms with Crippen molar-refractivity contribution in [2.45, 2.75) is 25.8 Å². The molecule has 1 atom stereocenters. The van der Waals surface area contributed by atoms with Crippen LogP contribution in [0.1, 0.15) is 31.5 Å². The molecule has 0 aliphatic heterocycles. The molecule has 1 N–H and O–H groups in total. The maximum absolute atomic E-state index is 4.31. The summed E-state index contributed by atoms with van der Waals surface area (Å²) in [6.07, 6.45) is 4.17. The fraction of sp³-hybridized carbons (Fsp3) is 0.500. The van der Waals surface area contributed by atoms with Crippen LogP contribution in [0, 0.1) is 0 Å². The Morgan fingerprint density at radius 2 is 2.33 bits per heavy atom. The van der Waals surface area contributed by atoms with Crippen molar-refractivity contribution in [3.63, 3.8) is 0 Å². The van der Waals surface area contributed by atoms with E-state index >= 15 is 0 Å². The molecule has 0 aliphatic rings. The van der Waals surface area contributed by atoms with Crippen molar-refractivity contribution >= 4 is 0 Å². The summed E-state index contributed by atoms with van der Waals surface area (Å²) in [4.78, 5) is 4.31. The van der Waals surface area contributed by atoms with E-state index in [-0.39, 0.29) is 0 Å². The van der Waals surface area contributed by atoms with E-state index in [0.29, 0.717) is 6.04 Å². The van der Waals surface area contributed by atoms with E-state index in [1.807, 2.05) is 25.4 Å². The standard InChI is InChI=1S/C10H16N2/c1-3-6-9(11-2)10-7-4-5-8-12-10/h4-5,7-9,11H,3,6H2,1-2H3/t9-/m1/s1. The van der Waals surface area contributed by atoms with Gasteiger partial charge in [0.2, 0.25) is 0 Å². The van der Waals surface area contributed by atoms with Crippen LogP contribution >= 0.6 is 0 Å². The van der Waals surface area contributed by atoms with Crippen molar-refractivity contribution in [3.8, 4) is 0 Å². The third-order valence-corrected chi connectivity index (χ3v) is 1.97. The van der Waals surface area contributed by atoms with E-state index < -0.39 is 0 Å². The van der Waals surface area contributed by atoms with Gasteiger partial charge in [-0.15, -0.1) is 0 Å². The summed E-state index contributed by atoms with van der Waals surface area (Å²) >= 11 is 0. The minimum atomic E-state index is 0.413. The van der Waals surface area contributed by atoms with E-state index in [0.717, 1.165) is 12.1 Å². The molecule has 0 spiro atoms. The number of nitrogens with zero attached hydrogens (tertiary/aromatic N) is 1. The van der Waals surface area contributed by atoms with E-state index in [1.54, 1.807) is 0 Å². The van der Waals surface area contributed by atoms with Crippen LogP contribution in [-0.4, -0.2) is 12.0 Å². The molecule has 0 fully saturated rings. The lowest BCUT2D eigenvalue weighted by atomic mass is 10.1. The zero-order chi connectivity index (χ0) is 8.81. The summed E-state index contributed by atoms with van der Waals surface area (Å²) in [7, 11) is 1.98. The highest BCUT2D eigenvalue weighted by Gasteiger charge is 2.07. The molecule has 2 heteroatoms. The molecule has 1 aromatic heterocycles. The smallest absolute Gasteiger partial charge is 0.0573 e. The summed E-state index contributed by atoms with van der Waals surface area (Å²) < 4.78 is 0. The first-order valence-corrected chi connectivity index (χ1v) is 4.46. The van der Waals surface area contributed by atoms with Crippen LogP contribution < -0.4 is 5.32 Å². The zero-order valence-corrected chi connectivity index (χ0v) is 7.75. The van der Waals surface area contributed by atoms with Gasteiger partial charge in [0.25, 0.3) is 0 Å². The second-order valence-electron chi connectivity index (χ2n) is 2.88. The quantitative estimate of drug-likeness (QED) is 0.737. The second-order valence-corrected chi connectivity index (χ2v) is 2.88. The van der Waals surface area contributed by atoms with Crippen LogP contribution in [-0.2, 0) is 0 Å². The van der Waals surface area contributed by atoms with E-state index in [1.165, 1.54) is 6.42 Å². The minimum absolute atomic E-state index is 0.413. The van der Waals surface area contributed by atoms with Gasteiger partial charge < -0.3 is 5.32 Å².